The molecule has 1 fully saturated rings. The summed E-state index contributed by atoms with van der Waals surface area (Å²) in [4.78, 5) is 26.0. The van der Waals surface area contributed by atoms with Gasteiger partial charge in [-0.2, -0.15) is 0 Å². The first-order valence-corrected chi connectivity index (χ1v) is 6.97. The topological polar surface area (TPSA) is 81.0 Å². The second kappa shape index (κ2) is 5.15. The number of hydrogen-bond donors (Lipinski definition) is 0. The predicted molar refractivity (Wildman–Crippen MR) is 69.0 cm³/mol. The minimum absolute atomic E-state index is 0.0876. The number of aromatic nitrogens is 4. The van der Waals surface area contributed by atoms with Crippen LogP contribution in [0.3, 0.4) is 0 Å². The van der Waals surface area contributed by atoms with E-state index in [2.05, 4.69) is 15.5 Å². The van der Waals surface area contributed by atoms with Crippen LogP contribution in [0.15, 0.2) is 12.2 Å². The molecule has 0 bridgehead atoms. The summed E-state index contributed by atoms with van der Waals surface area (Å²) in [6.45, 7) is 2.89. The standard InChI is InChI=1S/C13H17N5O2/c1-2-7-18-11(14-15-16-18)8-17-12(19)9-5-3-4-6-10(9)13(17)20/h3-4,9-10H,2,5-8H2,1H3/t9-,10-/m0/s1. The summed E-state index contributed by atoms with van der Waals surface area (Å²) >= 11 is 0. The third-order valence-corrected chi connectivity index (χ3v) is 3.94. The number of allylic oxidation sites excluding steroid dienone is 2. The minimum atomic E-state index is -0.192. The molecular formula is C13H17N5O2. The van der Waals surface area contributed by atoms with Crippen LogP contribution in [0, 0.1) is 11.8 Å². The zero-order valence-electron chi connectivity index (χ0n) is 11.4. The average molecular weight is 275 g/mol. The van der Waals surface area contributed by atoms with Crippen LogP contribution in [-0.4, -0.2) is 36.9 Å². The first-order chi connectivity index (χ1) is 9.72. The summed E-state index contributed by atoms with van der Waals surface area (Å²) in [6.07, 6.45) is 6.18. The van der Waals surface area contributed by atoms with E-state index in [0.717, 1.165) is 6.42 Å². The fourth-order valence-corrected chi connectivity index (χ4v) is 2.89. The Labute approximate surface area is 116 Å². The van der Waals surface area contributed by atoms with Gasteiger partial charge in [0, 0.05) is 6.54 Å². The zero-order chi connectivity index (χ0) is 14.1. The van der Waals surface area contributed by atoms with Crippen molar-refractivity contribution in [2.45, 2.75) is 39.3 Å². The Morgan fingerprint density at radius 3 is 2.45 bits per heavy atom. The van der Waals surface area contributed by atoms with Crippen LogP contribution in [0.4, 0.5) is 0 Å². The largest absolute Gasteiger partial charge is 0.274 e. The van der Waals surface area contributed by atoms with Gasteiger partial charge in [-0.1, -0.05) is 19.1 Å². The zero-order valence-corrected chi connectivity index (χ0v) is 11.4. The van der Waals surface area contributed by atoms with Gasteiger partial charge in [0.1, 0.15) is 0 Å². The number of fused-ring (bicyclic) bond motifs is 1. The Morgan fingerprint density at radius 1 is 1.20 bits per heavy atom. The first kappa shape index (κ1) is 13.0. The van der Waals surface area contributed by atoms with Crippen LogP contribution in [0.1, 0.15) is 32.0 Å². The lowest BCUT2D eigenvalue weighted by atomic mass is 9.85. The Hall–Kier alpha value is -2.05. The van der Waals surface area contributed by atoms with Crippen molar-refractivity contribution in [1.29, 1.82) is 0 Å². The van der Waals surface area contributed by atoms with E-state index in [-0.39, 0.29) is 30.2 Å². The molecule has 20 heavy (non-hydrogen) atoms. The molecule has 0 spiro atoms. The molecule has 1 saturated heterocycles. The summed E-state index contributed by atoms with van der Waals surface area (Å²) in [5, 5.41) is 11.4. The summed E-state index contributed by atoms with van der Waals surface area (Å²) < 4.78 is 1.65. The number of carbonyl (C=O) groups is 2. The fraction of sp³-hybridized carbons (Fsp3) is 0.615. The van der Waals surface area contributed by atoms with E-state index < -0.39 is 0 Å². The van der Waals surface area contributed by atoms with Crippen molar-refractivity contribution in [2.75, 3.05) is 0 Å². The van der Waals surface area contributed by atoms with Gasteiger partial charge in [0.05, 0.1) is 18.4 Å². The van der Waals surface area contributed by atoms with E-state index in [4.69, 9.17) is 0 Å². The van der Waals surface area contributed by atoms with E-state index in [9.17, 15) is 9.59 Å². The summed E-state index contributed by atoms with van der Waals surface area (Å²) in [7, 11) is 0. The van der Waals surface area contributed by atoms with Crippen molar-refractivity contribution in [3.05, 3.63) is 18.0 Å². The Bertz CT molecular complexity index is 539. The molecular weight excluding hydrogens is 258 g/mol. The highest BCUT2D eigenvalue weighted by atomic mass is 16.2. The Morgan fingerprint density at radius 2 is 1.85 bits per heavy atom. The lowest BCUT2D eigenvalue weighted by Crippen LogP contribution is -2.32. The molecule has 2 atom stereocenters. The highest BCUT2D eigenvalue weighted by molar-refractivity contribution is 6.05. The molecule has 1 aromatic rings. The van der Waals surface area contributed by atoms with Gasteiger partial charge in [-0.3, -0.25) is 14.5 Å². The van der Waals surface area contributed by atoms with E-state index in [1.165, 1.54) is 4.90 Å². The van der Waals surface area contributed by atoms with Crippen LogP contribution >= 0.6 is 0 Å². The van der Waals surface area contributed by atoms with E-state index >= 15 is 0 Å². The van der Waals surface area contributed by atoms with Gasteiger partial charge in [0.15, 0.2) is 5.82 Å². The molecule has 3 rings (SSSR count). The maximum atomic E-state index is 12.3. The van der Waals surface area contributed by atoms with E-state index in [1.54, 1.807) is 4.68 Å². The quantitative estimate of drug-likeness (QED) is 0.591. The van der Waals surface area contributed by atoms with Gasteiger partial charge in [-0.25, -0.2) is 4.68 Å². The number of imide groups is 1. The highest BCUT2D eigenvalue weighted by Crippen LogP contribution is 2.35. The number of aryl methyl sites for hydroxylation is 1. The molecule has 0 radical (unpaired) electrons. The van der Waals surface area contributed by atoms with Gasteiger partial charge in [-0.05, 0) is 29.7 Å². The van der Waals surface area contributed by atoms with Crippen molar-refractivity contribution in [3.63, 3.8) is 0 Å². The molecule has 0 aromatic carbocycles. The lowest BCUT2D eigenvalue weighted by molar-refractivity contribution is -0.140. The summed E-state index contributed by atoms with van der Waals surface area (Å²) in [5.41, 5.74) is 0. The smallest absolute Gasteiger partial charge is 0.233 e. The van der Waals surface area contributed by atoms with Crippen molar-refractivity contribution < 1.29 is 9.59 Å². The second-order valence-electron chi connectivity index (χ2n) is 5.24. The Balaban J connectivity index is 1.79. The molecule has 0 saturated carbocycles. The van der Waals surface area contributed by atoms with Crippen LogP contribution in [-0.2, 0) is 22.7 Å². The van der Waals surface area contributed by atoms with E-state index in [1.807, 2.05) is 19.1 Å². The SMILES string of the molecule is CCCn1nnnc1CN1C(=O)[C@H]2CC=CC[C@@H]2C1=O. The molecule has 2 aliphatic rings. The molecule has 0 N–H and O–H groups in total. The van der Waals surface area contributed by atoms with Gasteiger partial charge in [0.25, 0.3) is 0 Å². The molecule has 7 heteroatoms. The second-order valence-corrected chi connectivity index (χ2v) is 5.24. The van der Waals surface area contributed by atoms with Crippen LogP contribution in [0.2, 0.25) is 0 Å². The third kappa shape index (κ3) is 2.03. The lowest BCUT2D eigenvalue weighted by Gasteiger charge is -2.14. The number of rotatable bonds is 4. The van der Waals surface area contributed by atoms with Crippen LogP contribution in [0.5, 0.6) is 0 Å². The molecule has 7 nitrogen and oxygen atoms in total. The summed E-state index contributed by atoms with van der Waals surface area (Å²) in [6, 6.07) is 0. The third-order valence-electron chi connectivity index (χ3n) is 3.94. The highest BCUT2D eigenvalue weighted by Gasteiger charge is 2.47. The number of carbonyl (C=O) groups excluding carboxylic acids is 2. The van der Waals surface area contributed by atoms with Gasteiger partial charge in [-0.15, -0.1) is 5.10 Å². The van der Waals surface area contributed by atoms with E-state index in [0.29, 0.717) is 25.2 Å². The summed E-state index contributed by atoms with van der Waals surface area (Å²) in [5.74, 6) is 0.0111. The number of nitrogens with zero attached hydrogens (tertiary/aromatic N) is 5. The minimum Gasteiger partial charge on any atom is -0.274 e. The number of likely N-dealkylation sites (tertiary alicyclic amines) is 1. The van der Waals surface area contributed by atoms with Crippen molar-refractivity contribution in [1.82, 2.24) is 25.1 Å². The van der Waals surface area contributed by atoms with Crippen molar-refractivity contribution >= 4 is 11.8 Å². The number of hydrogen-bond acceptors (Lipinski definition) is 5. The predicted octanol–water partition coefficient (Wildman–Crippen LogP) is 0.534. The van der Waals surface area contributed by atoms with Crippen molar-refractivity contribution in [2.24, 2.45) is 11.8 Å². The molecule has 1 aliphatic heterocycles. The maximum Gasteiger partial charge on any atom is 0.233 e. The van der Waals surface area contributed by atoms with Gasteiger partial charge >= 0.3 is 0 Å². The molecule has 1 aliphatic carbocycles. The normalized spacial score (nSPS) is 25.4. The molecule has 106 valence electrons. The molecule has 2 amide bonds. The fourth-order valence-electron chi connectivity index (χ4n) is 2.89. The monoisotopic (exact) mass is 275 g/mol. The average Bonchev–Trinajstić information content (AvgIpc) is 2.99. The van der Waals surface area contributed by atoms with Crippen LogP contribution in [0.25, 0.3) is 0 Å². The number of amides is 2. The first-order valence-electron chi connectivity index (χ1n) is 6.97. The molecule has 1 aromatic heterocycles. The maximum absolute atomic E-state index is 12.3. The van der Waals surface area contributed by atoms with Crippen LogP contribution < -0.4 is 0 Å². The number of tetrazole rings is 1. The molecule has 2 heterocycles. The van der Waals surface area contributed by atoms with Crippen molar-refractivity contribution in [3.8, 4) is 0 Å². The van der Waals surface area contributed by atoms with Gasteiger partial charge < -0.3 is 0 Å². The molecule has 0 unspecified atom stereocenters. The Kier molecular flexibility index (Phi) is 3.33. The van der Waals surface area contributed by atoms with Gasteiger partial charge in [0.2, 0.25) is 11.8 Å².